The van der Waals surface area contributed by atoms with Crippen LogP contribution in [0.15, 0.2) is 0 Å². The number of hydrogen-bond acceptors (Lipinski definition) is 4. The van der Waals surface area contributed by atoms with E-state index >= 15 is 0 Å². The second-order valence-electron chi connectivity index (χ2n) is 4.78. The maximum atomic E-state index is 11.8. The van der Waals surface area contributed by atoms with Crippen LogP contribution in [-0.2, 0) is 19.1 Å². The molecule has 0 bridgehead atoms. The minimum Gasteiger partial charge on any atom is -0.481 e. The van der Waals surface area contributed by atoms with Gasteiger partial charge < -0.3 is 19.9 Å². The SMILES string of the molecule is CCC(CC)(CC(=O)NCCCOCCOC)C(=O)O. The predicted molar refractivity (Wildman–Crippen MR) is 75.6 cm³/mol. The molecule has 0 aliphatic carbocycles. The molecule has 118 valence electrons. The van der Waals surface area contributed by atoms with Crippen molar-refractivity contribution in [3.63, 3.8) is 0 Å². The number of methoxy groups -OCH3 is 1. The van der Waals surface area contributed by atoms with Crippen LogP contribution < -0.4 is 5.32 Å². The number of aliphatic carboxylic acids is 1. The molecule has 0 aromatic heterocycles. The molecule has 20 heavy (non-hydrogen) atoms. The molecule has 6 heteroatoms. The van der Waals surface area contributed by atoms with Crippen LogP contribution in [0.4, 0.5) is 0 Å². The summed E-state index contributed by atoms with van der Waals surface area (Å²) >= 11 is 0. The highest BCUT2D eigenvalue weighted by atomic mass is 16.5. The van der Waals surface area contributed by atoms with Crippen molar-refractivity contribution in [2.75, 3.05) is 33.5 Å². The van der Waals surface area contributed by atoms with Crippen LogP contribution in [0.5, 0.6) is 0 Å². The summed E-state index contributed by atoms with van der Waals surface area (Å²) in [5, 5.41) is 12.0. The second-order valence-corrected chi connectivity index (χ2v) is 4.78. The van der Waals surface area contributed by atoms with Crippen molar-refractivity contribution in [3.05, 3.63) is 0 Å². The number of rotatable bonds is 12. The highest BCUT2D eigenvalue weighted by Gasteiger charge is 2.36. The molecule has 0 aliphatic rings. The molecule has 0 atom stereocenters. The van der Waals surface area contributed by atoms with Crippen molar-refractivity contribution >= 4 is 11.9 Å². The molecule has 0 spiro atoms. The molecule has 0 radical (unpaired) electrons. The number of ether oxygens (including phenoxy) is 2. The van der Waals surface area contributed by atoms with E-state index in [1.807, 2.05) is 0 Å². The van der Waals surface area contributed by atoms with E-state index in [2.05, 4.69) is 5.32 Å². The van der Waals surface area contributed by atoms with Gasteiger partial charge in [-0.3, -0.25) is 9.59 Å². The van der Waals surface area contributed by atoms with Gasteiger partial charge in [0.2, 0.25) is 5.91 Å². The summed E-state index contributed by atoms with van der Waals surface area (Å²) in [6.45, 7) is 5.74. The average molecular weight is 289 g/mol. The number of carbonyl (C=O) groups is 2. The molecule has 0 unspecified atom stereocenters. The topological polar surface area (TPSA) is 84.9 Å². The van der Waals surface area contributed by atoms with Crippen molar-refractivity contribution in [2.24, 2.45) is 5.41 Å². The van der Waals surface area contributed by atoms with Crippen LogP contribution in [-0.4, -0.2) is 50.5 Å². The van der Waals surface area contributed by atoms with E-state index in [0.29, 0.717) is 45.6 Å². The summed E-state index contributed by atoms with van der Waals surface area (Å²) in [4.78, 5) is 23.1. The monoisotopic (exact) mass is 289 g/mol. The maximum absolute atomic E-state index is 11.8. The first-order valence-electron chi connectivity index (χ1n) is 7.09. The van der Waals surface area contributed by atoms with Gasteiger partial charge in [0.05, 0.1) is 18.6 Å². The van der Waals surface area contributed by atoms with Gasteiger partial charge in [0.1, 0.15) is 0 Å². The minimum atomic E-state index is -0.945. The molecule has 6 nitrogen and oxygen atoms in total. The molecule has 0 heterocycles. The fourth-order valence-corrected chi connectivity index (χ4v) is 1.89. The lowest BCUT2D eigenvalue weighted by molar-refractivity contribution is -0.152. The Balaban J connectivity index is 3.89. The Kier molecular flexibility index (Phi) is 10.0. The van der Waals surface area contributed by atoms with Gasteiger partial charge >= 0.3 is 5.97 Å². The number of amides is 1. The Morgan fingerprint density at radius 3 is 2.30 bits per heavy atom. The molecular formula is C14H27NO5. The van der Waals surface area contributed by atoms with Crippen LogP contribution in [0.3, 0.4) is 0 Å². The summed E-state index contributed by atoms with van der Waals surface area (Å²) < 4.78 is 10.1. The summed E-state index contributed by atoms with van der Waals surface area (Å²) in [5.41, 5.74) is -0.945. The Morgan fingerprint density at radius 2 is 1.80 bits per heavy atom. The minimum absolute atomic E-state index is 0.0276. The molecule has 0 saturated heterocycles. The van der Waals surface area contributed by atoms with E-state index in [0.717, 1.165) is 0 Å². The van der Waals surface area contributed by atoms with Crippen molar-refractivity contribution in [3.8, 4) is 0 Å². The van der Waals surface area contributed by atoms with E-state index in [1.54, 1.807) is 21.0 Å². The summed E-state index contributed by atoms with van der Waals surface area (Å²) in [5.74, 6) is -1.12. The lowest BCUT2D eigenvalue weighted by Crippen LogP contribution is -2.37. The quantitative estimate of drug-likeness (QED) is 0.531. The number of nitrogens with one attached hydrogen (secondary N) is 1. The van der Waals surface area contributed by atoms with Gasteiger partial charge in [-0.15, -0.1) is 0 Å². The standard InChI is InChI=1S/C14H27NO5/c1-4-14(5-2,13(17)18)11-12(16)15-7-6-8-20-10-9-19-3/h4-11H2,1-3H3,(H,15,16)(H,17,18). The maximum Gasteiger partial charge on any atom is 0.310 e. The van der Waals surface area contributed by atoms with E-state index < -0.39 is 11.4 Å². The highest BCUT2D eigenvalue weighted by molar-refractivity contribution is 5.84. The fourth-order valence-electron chi connectivity index (χ4n) is 1.89. The van der Waals surface area contributed by atoms with E-state index in [-0.39, 0.29) is 12.3 Å². The third kappa shape index (κ3) is 6.86. The average Bonchev–Trinajstić information content (AvgIpc) is 2.43. The smallest absolute Gasteiger partial charge is 0.310 e. The molecular weight excluding hydrogens is 262 g/mol. The van der Waals surface area contributed by atoms with Crippen molar-refractivity contribution in [1.82, 2.24) is 5.32 Å². The summed E-state index contributed by atoms with van der Waals surface area (Å²) in [6.07, 6.45) is 1.63. The zero-order valence-corrected chi connectivity index (χ0v) is 12.7. The van der Waals surface area contributed by atoms with Crippen LogP contribution in [0, 0.1) is 5.41 Å². The van der Waals surface area contributed by atoms with E-state index in [9.17, 15) is 14.7 Å². The van der Waals surface area contributed by atoms with Crippen LogP contribution >= 0.6 is 0 Å². The molecule has 0 fully saturated rings. The first-order chi connectivity index (χ1) is 9.52. The first kappa shape index (κ1) is 18.9. The number of carboxylic acids is 1. The molecule has 0 aromatic carbocycles. The van der Waals surface area contributed by atoms with Crippen LogP contribution in [0.25, 0.3) is 0 Å². The van der Waals surface area contributed by atoms with Gasteiger partial charge in [0.15, 0.2) is 0 Å². The normalized spacial score (nSPS) is 11.3. The zero-order valence-electron chi connectivity index (χ0n) is 12.7. The summed E-state index contributed by atoms with van der Waals surface area (Å²) in [6, 6.07) is 0. The Bertz CT molecular complexity index is 289. The van der Waals surface area contributed by atoms with Crippen LogP contribution in [0.2, 0.25) is 0 Å². The molecule has 1 amide bonds. The summed E-state index contributed by atoms with van der Waals surface area (Å²) in [7, 11) is 1.61. The van der Waals surface area contributed by atoms with Gasteiger partial charge in [-0.1, -0.05) is 13.8 Å². The van der Waals surface area contributed by atoms with Gasteiger partial charge in [0, 0.05) is 26.7 Å². The van der Waals surface area contributed by atoms with E-state index in [4.69, 9.17) is 9.47 Å². The second kappa shape index (κ2) is 10.6. The Morgan fingerprint density at radius 1 is 1.15 bits per heavy atom. The molecule has 0 rings (SSSR count). The molecule has 0 aliphatic heterocycles. The highest BCUT2D eigenvalue weighted by Crippen LogP contribution is 2.30. The van der Waals surface area contributed by atoms with Crippen molar-refractivity contribution < 1.29 is 24.2 Å². The van der Waals surface area contributed by atoms with Gasteiger partial charge in [0.25, 0.3) is 0 Å². The van der Waals surface area contributed by atoms with Gasteiger partial charge in [-0.05, 0) is 19.3 Å². The molecule has 2 N–H and O–H groups in total. The molecule has 0 aromatic rings. The van der Waals surface area contributed by atoms with Gasteiger partial charge in [-0.25, -0.2) is 0 Å². The third-order valence-corrected chi connectivity index (χ3v) is 3.53. The first-order valence-corrected chi connectivity index (χ1v) is 7.09. The van der Waals surface area contributed by atoms with Crippen molar-refractivity contribution in [1.29, 1.82) is 0 Å². The zero-order chi connectivity index (χ0) is 15.4. The van der Waals surface area contributed by atoms with Crippen molar-refractivity contribution in [2.45, 2.75) is 39.5 Å². The lowest BCUT2D eigenvalue weighted by Gasteiger charge is -2.25. The van der Waals surface area contributed by atoms with Crippen LogP contribution in [0.1, 0.15) is 39.5 Å². The Hall–Kier alpha value is -1.14. The number of carbonyl (C=O) groups excluding carboxylic acids is 1. The fraction of sp³-hybridized carbons (Fsp3) is 0.857. The number of carboxylic acid groups (broad SMARTS) is 1. The largest absolute Gasteiger partial charge is 0.481 e. The van der Waals surface area contributed by atoms with Gasteiger partial charge in [-0.2, -0.15) is 0 Å². The van der Waals surface area contributed by atoms with E-state index in [1.165, 1.54) is 0 Å². The Labute approximate surface area is 120 Å². The predicted octanol–water partition coefficient (Wildman–Crippen LogP) is 1.44. The number of hydrogen-bond donors (Lipinski definition) is 2. The third-order valence-electron chi connectivity index (χ3n) is 3.53. The molecule has 0 saturated carbocycles. The lowest BCUT2D eigenvalue weighted by atomic mass is 9.79.